The van der Waals surface area contributed by atoms with E-state index < -0.39 is 4.92 Å². The van der Waals surface area contributed by atoms with Crippen LogP contribution in [-0.2, 0) is 0 Å². The van der Waals surface area contributed by atoms with Crippen LogP contribution in [0.5, 0.6) is 0 Å². The number of aryl methyl sites for hydroxylation is 1. The molecule has 1 aromatic carbocycles. The summed E-state index contributed by atoms with van der Waals surface area (Å²) in [4.78, 5) is 22.0. The van der Waals surface area contributed by atoms with Crippen molar-refractivity contribution in [2.45, 2.75) is 13.8 Å². The molecule has 8 heteroatoms. The van der Waals surface area contributed by atoms with Gasteiger partial charge in [0.05, 0.1) is 10.6 Å². The van der Waals surface area contributed by atoms with Gasteiger partial charge >= 0.3 is 6.03 Å². The lowest BCUT2D eigenvalue weighted by Gasteiger charge is -2.09. The summed E-state index contributed by atoms with van der Waals surface area (Å²) in [6.07, 6.45) is 1.81. The van der Waals surface area contributed by atoms with Crippen molar-refractivity contribution >= 4 is 35.0 Å². The Labute approximate surface area is 143 Å². The predicted octanol–water partition coefficient (Wildman–Crippen LogP) is 2.98. The lowest BCUT2D eigenvalue weighted by molar-refractivity contribution is -0.384. The van der Waals surface area contributed by atoms with Gasteiger partial charge in [0, 0.05) is 29.2 Å². The molecule has 1 aliphatic rings. The molecule has 0 saturated carbocycles. The minimum Gasteiger partial charge on any atom is -0.318 e. The third-order valence-electron chi connectivity index (χ3n) is 3.81. The van der Waals surface area contributed by atoms with E-state index in [2.05, 4.69) is 10.6 Å². The lowest BCUT2D eigenvalue weighted by atomic mass is 10.2. The molecule has 1 aromatic heterocycles. The van der Waals surface area contributed by atoms with Crippen molar-refractivity contribution in [3.63, 3.8) is 0 Å². The van der Waals surface area contributed by atoms with Gasteiger partial charge in [0.2, 0.25) is 0 Å². The van der Waals surface area contributed by atoms with Crippen molar-refractivity contribution < 1.29 is 9.72 Å². The summed E-state index contributed by atoms with van der Waals surface area (Å²) in [5.41, 5.74) is 4.26. The Balaban J connectivity index is 2.01. The summed E-state index contributed by atoms with van der Waals surface area (Å²) in [6, 6.07) is 7.99. The number of hydrogen-bond acceptors (Lipinski definition) is 4. The number of hydrogen-bond donors (Lipinski definition) is 2. The fourth-order valence-corrected chi connectivity index (χ4v) is 2.90. The van der Waals surface area contributed by atoms with E-state index in [1.807, 2.05) is 30.6 Å². The number of nitro benzene ring substituents is 1. The maximum absolute atomic E-state index is 11.3. The highest BCUT2D eigenvalue weighted by Gasteiger charge is 2.20. The summed E-state index contributed by atoms with van der Waals surface area (Å²) < 4.78 is 1.99. The van der Waals surface area contributed by atoms with Crippen LogP contribution >= 0.6 is 12.2 Å². The molecule has 0 spiro atoms. The molecule has 3 rings (SSSR count). The Bertz CT molecular complexity index is 897. The van der Waals surface area contributed by atoms with E-state index in [0.29, 0.717) is 10.7 Å². The molecule has 7 nitrogen and oxygen atoms in total. The molecule has 0 unspecified atom stereocenters. The summed E-state index contributed by atoms with van der Waals surface area (Å²) in [7, 11) is 0. The van der Waals surface area contributed by atoms with Crippen molar-refractivity contribution in [1.29, 1.82) is 0 Å². The highest BCUT2D eigenvalue weighted by Crippen LogP contribution is 2.24. The first-order chi connectivity index (χ1) is 11.4. The van der Waals surface area contributed by atoms with E-state index in [-0.39, 0.29) is 11.7 Å². The molecular weight excluding hydrogens is 328 g/mol. The van der Waals surface area contributed by atoms with Crippen LogP contribution in [0, 0.1) is 24.0 Å². The summed E-state index contributed by atoms with van der Waals surface area (Å²) in [6.45, 7) is 3.88. The summed E-state index contributed by atoms with van der Waals surface area (Å²) in [5.74, 6) is 0. The van der Waals surface area contributed by atoms with Gasteiger partial charge in [0.25, 0.3) is 5.69 Å². The first-order valence-corrected chi connectivity index (χ1v) is 7.55. The quantitative estimate of drug-likeness (QED) is 0.388. The molecule has 2 heterocycles. The predicted molar refractivity (Wildman–Crippen MR) is 94.1 cm³/mol. The van der Waals surface area contributed by atoms with Crippen molar-refractivity contribution in [2.75, 3.05) is 0 Å². The highest BCUT2D eigenvalue weighted by atomic mass is 32.1. The fourth-order valence-electron chi connectivity index (χ4n) is 2.69. The monoisotopic (exact) mass is 342 g/mol. The fraction of sp³-hybridized carbons (Fsp3) is 0.125. The second-order valence-corrected chi connectivity index (χ2v) is 5.81. The highest BCUT2D eigenvalue weighted by molar-refractivity contribution is 7.80. The van der Waals surface area contributed by atoms with E-state index in [9.17, 15) is 14.9 Å². The van der Waals surface area contributed by atoms with Crippen LogP contribution in [-0.4, -0.2) is 20.5 Å². The summed E-state index contributed by atoms with van der Waals surface area (Å²) in [5, 5.41) is 15.9. The number of benzene rings is 1. The van der Waals surface area contributed by atoms with Gasteiger partial charge in [0.1, 0.15) is 4.99 Å². The number of thiocarbonyl (C=S) groups is 1. The van der Waals surface area contributed by atoms with Crippen molar-refractivity contribution in [3.8, 4) is 5.69 Å². The van der Waals surface area contributed by atoms with E-state index in [0.717, 1.165) is 22.6 Å². The number of carbonyl (C=O) groups is 1. The molecule has 1 saturated heterocycles. The second kappa shape index (κ2) is 5.89. The molecule has 1 aliphatic heterocycles. The Morgan fingerprint density at radius 3 is 2.42 bits per heavy atom. The largest absolute Gasteiger partial charge is 0.324 e. The first kappa shape index (κ1) is 15.9. The SMILES string of the molecule is Cc1cc(/C=C2\NC(=O)NC2=S)c(C)n1-c1ccc([N+](=O)[O-])cc1. The van der Waals surface area contributed by atoms with Crippen LogP contribution in [0.25, 0.3) is 11.8 Å². The van der Waals surface area contributed by atoms with E-state index >= 15 is 0 Å². The van der Waals surface area contributed by atoms with Gasteiger partial charge in [-0.3, -0.25) is 15.4 Å². The zero-order valence-corrected chi connectivity index (χ0v) is 13.8. The number of aromatic nitrogens is 1. The minimum atomic E-state index is -0.425. The maximum Gasteiger partial charge on any atom is 0.324 e. The number of urea groups is 1. The molecule has 0 atom stereocenters. The Kier molecular flexibility index (Phi) is 3.90. The standard InChI is InChI=1S/C16H14N4O3S/c1-9-7-11(8-14-15(24)18-16(21)17-14)10(2)19(9)12-3-5-13(6-4-12)20(22)23/h3-8H,1-2H3,(H2,17,18,21,24)/b14-8-. The molecule has 0 radical (unpaired) electrons. The minimum absolute atomic E-state index is 0.0497. The molecule has 1 fully saturated rings. The lowest BCUT2D eigenvalue weighted by Crippen LogP contribution is -2.21. The molecule has 122 valence electrons. The van der Waals surface area contributed by atoms with Gasteiger partial charge in [-0.25, -0.2) is 4.79 Å². The summed E-state index contributed by atoms with van der Waals surface area (Å²) >= 11 is 5.10. The van der Waals surface area contributed by atoms with Crippen LogP contribution in [0.2, 0.25) is 0 Å². The van der Waals surface area contributed by atoms with Gasteiger partial charge < -0.3 is 9.88 Å². The van der Waals surface area contributed by atoms with Crippen molar-refractivity contribution in [1.82, 2.24) is 15.2 Å². The van der Waals surface area contributed by atoms with E-state index in [1.54, 1.807) is 12.1 Å². The van der Waals surface area contributed by atoms with Gasteiger partial charge in [0.15, 0.2) is 0 Å². The average Bonchev–Trinajstić information content (AvgIpc) is 2.98. The maximum atomic E-state index is 11.3. The Morgan fingerprint density at radius 1 is 1.21 bits per heavy atom. The Morgan fingerprint density at radius 2 is 1.88 bits per heavy atom. The second-order valence-electron chi connectivity index (χ2n) is 5.40. The van der Waals surface area contributed by atoms with Crippen molar-refractivity contribution in [2.24, 2.45) is 0 Å². The first-order valence-electron chi connectivity index (χ1n) is 7.14. The molecule has 0 aliphatic carbocycles. The van der Waals surface area contributed by atoms with Crippen LogP contribution in [0.3, 0.4) is 0 Å². The zero-order chi connectivity index (χ0) is 17.4. The molecule has 2 aromatic rings. The van der Waals surface area contributed by atoms with Gasteiger partial charge in [-0.05, 0) is 43.7 Å². The zero-order valence-electron chi connectivity index (χ0n) is 13.0. The number of nitro groups is 1. The number of rotatable bonds is 3. The van der Waals surface area contributed by atoms with Crippen LogP contribution in [0.4, 0.5) is 10.5 Å². The smallest absolute Gasteiger partial charge is 0.318 e. The van der Waals surface area contributed by atoms with Crippen molar-refractivity contribution in [3.05, 3.63) is 63.1 Å². The molecule has 24 heavy (non-hydrogen) atoms. The Hall–Kier alpha value is -3.00. The van der Waals surface area contributed by atoms with Crippen LogP contribution in [0.15, 0.2) is 36.0 Å². The molecule has 0 bridgehead atoms. The molecular formula is C16H14N4O3S. The van der Waals surface area contributed by atoms with E-state index in [1.165, 1.54) is 12.1 Å². The third-order valence-corrected chi connectivity index (χ3v) is 4.13. The molecule has 2 N–H and O–H groups in total. The third kappa shape index (κ3) is 2.79. The van der Waals surface area contributed by atoms with E-state index in [4.69, 9.17) is 12.2 Å². The number of non-ortho nitro benzene ring substituents is 1. The topological polar surface area (TPSA) is 89.2 Å². The number of carbonyl (C=O) groups excluding carboxylic acids is 1. The normalized spacial score (nSPS) is 15.5. The number of amides is 2. The average molecular weight is 342 g/mol. The van der Waals surface area contributed by atoms with Gasteiger partial charge in [-0.15, -0.1) is 0 Å². The van der Waals surface area contributed by atoms with Crippen LogP contribution < -0.4 is 10.6 Å². The van der Waals surface area contributed by atoms with Gasteiger partial charge in [-0.1, -0.05) is 12.2 Å². The molecule has 2 amide bonds. The van der Waals surface area contributed by atoms with Crippen LogP contribution in [0.1, 0.15) is 17.0 Å². The van der Waals surface area contributed by atoms with Gasteiger partial charge in [-0.2, -0.15) is 0 Å². The number of nitrogens with one attached hydrogen (secondary N) is 2. The number of nitrogens with zero attached hydrogens (tertiary/aromatic N) is 2.